The molecule has 2 atom stereocenters. The summed E-state index contributed by atoms with van der Waals surface area (Å²) < 4.78 is 199. The van der Waals surface area contributed by atoms with Crippen LogP contribution in [0, 0.1) is 27.7 Å². The first-order chi connectivity index (χ1) is 24.2. The molecule has 2 rings (SSSR count). The van der Waals surface area contributed by atoms with E-state index in [1.165, 1.54) is 27.7 Å². The Bertz CT molecular complexity index is 1500. The molecule has 0 spiro atoms. The molecule has 0 saturated heterocycles. The second-order valence-electron chi connectivity index (χ2n) is 12.5. The van der Waals surface area contributed by atoms with Crippen LogP contribution in [0.4, 0.5) is 52.7 Å². The summed E-state index contributed by atoms with van der Waals surface area (Å²) in [5.41, 5.74) is -10.6. The molecule has 2 unspecified atom stereocenters. The summed E-state index contributed by atoms with van der Waals surface area (Å²) in [5.74, 6) is -5.76. The van der Waals surface area contributed by atoms with Crippen LogP contribution in [0.2, 0.25) is 0 Å². The van der Waals surface area contributed by atoms with Crippen molar-refractivity contribution in [2.75, 3.05) is 11.5 Å². The van der Waals surface area contributed by atoms with Crippen LogP contribution < -0.4 is 4.74 Å². The fraction of sp³-hybridized carbons (Fsp3) is 0.647. The van der Waals surface area contributed by atoms with Gasteiger partial charge in [0.25, 0.3) is 0 Å². The Balaban J connectivity index is 3.21. The van der Waals surface area contributed by atoms with Crippen molar-refractivity contribution in [1.82, 2.24) is 0 Å². The Labute approximate surface area is 315 Å². The molecular formula is C34H42F12O3S4. The van der Waals surface area contributed by atoms with Crippen molar-refractivity contribution < 1.29 is 65.8 Å². The fourth-order valence-electron chi connectivity index (χ4n) is 5.96. The highest BCUT2D eigenvalue weighted by Gasteiger charge is 2.42. The summed E-state index contributed by atoms with van der Waals surface area (Å²) in [6.45, 7) is 8.76. The van der Waals surface area contributed by atoms with Gasteiger partial charge in [0.05, 0.1) is 41.2 Å². The van der Waals surface area contributed by atoms with E-state index in [0.29, 0.717) is 25.7 Å². The predicted octanol–water partition coefficient (Wildman–Crippen LogP) is 13.5. The molecular weight excluding hydrogens is 813 g/mol. The zero-order valence-corrected chi connectivity index (χ0v) is 33.1. The summed E-state index contributed by atoms with van der Waals surface area (Å²) in [7, 11) is -6.31. The molecule has 0 aromatic heterocycles. The molecule has 0 N–H and O–H groups in total. The molecule has 304 valence electrons. The molecule has 0 heterocycles. The third-order valence-corrected chi connectivity index (χ3v) is 13.3. The summed E-state index contributed by atoms with van der Waals surface area (Å²) in [4.78, 5) is -3.91. The van der Waals surface area contributed by atoms with E-state index in [1.54, 1.807) is 0 Å². The van der Waals surface area contributed by atoms with Gasteiger partial charge in [0, 0.05) is 0 Å². The highest BCUT2D eigenvalue weighted by Crippen LogP contribution is 2.54. The largest absolute Gasteiger partial charge is 0.454 e. The summed E-state index contributed by atoms with van der Waals surface area (Å²) in [5, 5.41) is 0. The number of hydrogen-bond donors (Lipinski definition) is 0. The van der Waals surface area contributed by atoms with Crippen molar-refractivity contribution in [3.05, 3.63) is 33.4 Å². The quantitative estimate of drug-likeness (QED) is 0.0849. The van der Waals surface area contributed by atoms with E-state index in [9.17, 15) is 61.1 Å². The van der Waals surface area contributed by atoms with Crippen molar-refractivity contribution in [1.29, 1.82) is 0 Å². The maximum absolute atomic E-state index is 14.2. The van der Waals surface area contributed by atoms with Crippen molar-refractivity contribution in [2.24, 2.45) is 0 Å². The molecule has 53 heavy (non-hydrogen) atoms. The van der Waals surface area contributed by atoms with Gasteiger partial charge in [-0.15, -0.1) is 0 Å². The first kappa shape index (κ1) is 47.6. The first-order valence-electron chi connectivity index (χ1n) is 16.6. The Hall–Kier alpha value is -1.60. The number of unbranched alkanes of at least 4 members (excludes halogenated alkanes) is 6. The standard InChI is InChI=1S/C34H42F12O3S4/c1-7-9-11-13-15-23-19(3)25(27(50-33(41,42)43)29(21(23)5)52(47)17-31(35,36)37)49-26-20(4)24(16-14-12-10-8-2)22(6)30(28(26)51-34(44,45)46)53(48)18-32(38,39)40/h7-18H2,1-6H3. The highest BCUT2D eigenvalue weighted by molar-refractivity contribution is 8.01. The third kappa shape index (κ3) is 14.4. The van der Waals surface area contributed by atoms with Crippen molar-refractivity contribution in [2.45, 2.75) is 149 Å². The lowest BCUT2D eigenvalue weighted by atomic mass is 9.95. The van der Waals surface area contributed by atoms with Crippen molar-refractivity contribution in [3.8, 4) is 11.5 Å². The van der Waals surface area contributed by atoms with Crippen LogP contribution in [-0.4, -0.2) is 43.3 Å². The van der Waals surface area contributed by atoms with E-state index in [0.717, 1.165) is 25.7 Å². The Morgan fingerprint density at radius 1 is 0.509 bits per heavy atom. The van der Waals surface area contributed by atoms with Crippen LogP contribution >= 0.6 is 23.5 Å². The third-order valence-electron chi connectivity index (χ3n) is 8.24. The Morgan fingerprint density at radius 3 is 1.09 bits per heavy atom. The monoisotopic (exact) mass is 854 g/mol. The van der Waals surface area contributed by atoms with Gasteiger partial charge in [-0.25, -0.2) is 0 Å². The van der Waals surface area contributed by atoms with Gasteiger partial charge in [0.15, 0.2) is 0 Å². The lowest BCUT2D eigenvalue weighted by molar-refractivity contribution is -0.106. The first-order valence-corrected chi connectivity index (χ1v) is 20.9. The van der Waals surface area contributed by atoms with Gasteiger partial charge in [-0.2, -0.15) is 52.7 Å². The predicted molar refractivity (Wildman–Crippen MR) is 186 cm³/mol. The average Bonchev–Trinajstić information content (AvgIpc) is 2.96. The van der Waals surface area contributed by atoms with Crippen LogP contribution in [0.3, 0.4) is 0 Å². The maximum Gasteiger partial charge on any atom is 0.446 e. The number of alkyl halides is 12. The second-order valence-corrected chi connectivity index (χ2v) is 17.4. The van der Waals surface area contributed by atoms with Crippen molar-refractivity contribution in [3.63, 3.8) is 0 Å². The summed E-state index contributed by atoms with van der Waals surface area (Å²) in [6, 6.07) is 0. The van der Waals surface area contributed by atoms with Gasteiger partial charge in [-0.3, -0.25) is 8.42 Å². The lowest BCUT2D eigenvalue weighted by Crippen LogP contribution is -2.21. The lowest BCUT2D eigenvalue weighted by Gasteiger charge is -2.27. The van der Waals surface area contributed by atoms with Crippen LogP contribution in [0.5, 0.6) is 11.5 Å². The van der Waals surface area contributed by atoms with E-state index in [4.69, 9.17) is 4.74 Å². The van der Waals surface area contributed by atoms with E-state index < -0.39 is 111 Å². The number of benzene rings is 2. The van der Waals surface area contributed by atoms with Gasteiger partial charge < -0.3 is 4.74 Å². The van der Waals surface area contributed by atoms with Crippen LogP contribution in [-0.2, 0) is 34.4 Å². The molecule has 2 aromatic carbocycles. The van der Waals surface area contributed by atoms with E-state index in [-0.39, 0.29) is 46.2 Å². The molecule has 0 saturated carbocycles. The molecule has 0 aliphatic carbocycles. The number of hydrogen-bond acceptors (Lipinski definition) is 5. The fourth-order valence-corrected chi connectivity index (χ4v) is 10.7. The highest BCUT2D eigenvalue weighted by atomic mass is 32.2. The van der Waals surface area contributed by atoms with E-state index in [2.05, 4.69) is 0 Å². The molecule has 0 fully saturated rings. The van der Waals surface area contributed by atoms with Gasteiger partial charge in [0.2, 0.25) is 0 Å². The minimum absolute atomic E-state index is 0.0712. The minimum atomic E-state index is -5.23. The summed E-state index contributed by atoms with van der Waals surface area (Å²) >= 11 is -1.91. The number of rotatable bonds is 18. The van der Waals surface area contributed by atoms with Gasteiger partial charge in [-0.1, -0.05) is 52.4 Å². The Kier molecular flexibility index (Phi) is 17.5. The molecule has 0 radical (unpaired) electrons. The van der Waals surface area contributed by atoms with Crippen LogP contribution in [0.1, 0.15) is 98.6 Å². The second kappa shape index (κ2) is 19.5. The van der Waals surface area contributed by atoms with E-state index >= 15 is 0 Å². The van der Waals surface area contributed by atoms with Crippen LogP contribution in [0.25, 0.3) is 0 Å². The smallest absolute Gasteiger partial charge is 0.446 e. The summed E-state index contributed by atoms with van der Waals surface area (Å²) in [6.07, 6.45) is -5.04. The Morgan fingerprint density at radius 2 is 0.830 bits per heavy atom. The molecule has 0 aliphatic heterocycles. The topological polar surface area (TPSA) is 43.4 Å². The van der Waals surface area contributed by atoms with Crippen LogP contribution in [0.15, 0.2) is 19.6 Å². The SMILES string of the molecule is CCCCCCc1c(C)c(Oc2c(C)c(CCCCCC)c(C)c(S(=O)CC(F)(F)F)c2SC(F)(F)F)c(SC(F)(F)F)c(S(=O)CC(F)(F)F)c1C. The zero-order valence-electron chi connectivity index (χ0n) is 29.9. The molecule has 3 nitrogen and oxygen atoms in total. The normalized spacial score (nSPS) is 14.2. The van der Waals surface area contributed by atoms with Gasteiger partial charge in [0.1, 0.15) is 23.0 Å². The molecule has 0 amide bonds. The molecule has 19 heteroatoms. The molecule has 0 aliphatic rings. The zero-order chi connectivity index (χ0) is 40.7. The number of thioether (sulfide) groups is 2. The number of ether oxygens (including phenoxy) is 1. The molecule has 2 aromatic rings. The van der Waals surface area contributed by atoms with Gasteiger partial charge >= 0.3 is 23.4 Å². The maximum atomic E-state index is 14.2. The average molecular weight is 855 g/mol. The van der Waals surface area contributed by atoms with Gasteiger partial charge in [-0.05, 0) is 110 Å². The minimum Gasteiger partial charge on any atom is -0.454 e. The molecule has 0 bridgehead atoms. The number of halogens is 12. The van der Waals surface area contributed by atoms with E-state index in [1.807, 2.05) is 13.8 Å². The van der Waals surface area contributed by atoms with Crippen molar-refractivity contribution >= 4 is 45.1 Å².